The molecule has 0 unspecified atom stereocenters. The van der Waals surface area contributed by atoms with Crippen LogP contribution in [0, 0.1) is 6.92 Å². The Morgan fingerprint density at radius 2 is 1.64 bits per heavy atom. The first-order valence-corrected chi connectivity index (χ1v) is 3.53. The first-order chi connectivity index (χ1) is 5.33. The normalized spacial score (nSPS) is 8.27. The highest BCUT2D eigenvalue weighted by Gasteiger charge is 1.84. The van der Waals surface area contributed by atoms with Gasteiger partial charge in [-0.3, -0.25) is 0 Å². The number of benzene rings is 1. The van der Waals surface area contributed by atoms with Crippen LogP contribution in [-0.2, 0) is 6.32 Å². The van der Waals surface area contributed by atoms with Crippen LogP contribution in [0.15, 0.2) is 24.3 Å². The van der Waals surface area contributed by atoms with Crippen LogP contribution in [0.1, 0.15) is 11.1 Å². The van der Waals surface area contributed by atoms with E-state index in [9.17, 15) is 0 Å². The molecule has 0 saturated heterocycles. The number of aryl methyl sites for hydroxylation is 1. The highest BCUT2D eigenvalue weighted by atomic mass is 16.2. The molecule has 0 fully saturated rings. The van der Waals surface area contributed by atoms with Gasteiger partial charge in [-0.25, -0.2) is 0 Å². The Morgan fingerprint density at radius 1 is 1.18 bits per heavy atom. The van der Waals surface area contributed by atoms with Crippen LogP contribution in [-0.4, -0.2) is 20.1 Å². The van der Waals surface area contributed by atoms with Crippen molar-refractivity contribution in [3.8, 4) is 0 Å². The van der Waals surface area contributed by atoms with E-state index in [1.165, 1.54) is 11.1 Å². The maximum atomic E-state index is 7.00. The minimum Gasteiger partial charge on any atom is -0.400 e. The summed E-state index contributed by atoms with van der Waals surface area (Å²) in [6.45, 7) is 2.07. The molecule has 2 heteroatoms. The van der Waals surface area contributed by atoms with Crippen molar-refractivity contribution < 1.29 is 5.11 Å². The van der Waals surface area contributed by atoms with Crippen LogP contribution in [0.3, 0.4) is 0 Å². The molecule has 1 nitrogen and oxygen atoms in total. The van der Waals surface area contributed by atoms with E-state index in [1.807, 2.05) is 0 Å². The summed E-state index contributed by atoms with van der Waals surface area (Å²) in [5.74, 6) is 0. The van der Waals surface area contributed by atoms with Crippen molar-refractivity contribution in [3.05, 3.63) is 35.4 Å². The maximum absolute atomic E-state index is 7.00. The zero-order valence-corrected chi connectivity index (χ0v) is 7.04. The second-order valence-electron chi connectivity index (χ2n) is 2.19. The molecule has 0 heterocycles. The summed E-state index contributed by atoms with van der Waals surface area (Å²) in [4.78, 5) is 0. The summed E-state index contributed by atoms with van der Waals surface area (Å²) in [5.41, 5.74) is 2.48. The minimum absolute atomic E-state index is 0.639. The van der Waals surface area contributed by atoms with E-state index in [2.05, 4.69) is 31.2 Å². The SMILES string of the molecule is CO.[B]Cc1ccc(C)cc1. The van der Waals surface area contributed by atoms with E-state index < -0.39 is 0 Å². The van der Waals surface area contributed by atoms with Gasteiger partial charge in [0.1, 0.15) is 0 Å². The first-order valence-electron chi connectivity index (χ1n) is 3.53. The van der Waals surface area contributed by atoms with Crippen LogP contribution >= 0.6 is 0 Å². The quantitative estimate of drug-likeness (QED) is 0.594. The van der Waals surface area contributed by atoms with Gasteiger partial charge in [0.15, 0.2) is 0 Å². The summed E-state index contributed by atoms with van der Waals surface area (Å²) in [6.07, 6.45) is 0.639. The van der Waals surface area contributed by atoms with Gasteiger partial charge in [0.25, 0.3) is 0 Å². The fraction of sp³-hybridized carbons (Fsp3) is 0.333. The molecule has 11 heavy (non-hydrogen) atoms. The Labute approximate surface area is 69.5 Å². The standard InChI is InChI=1S/C8H9B.CH4O/c1-7-2-4-8(6-9)5-3-7;1-2/h2-5H,6H2,1H3;2H,1H3. The Hall–Kier alpha value is -0.755. The molecule has 0 saturated carbocycles. The van der Waals surface area contributed by atoms with Gasteiger partial charge in [-0.15, -0.1) is 0 Å². The van der Waals surface area contributed by atoms with Gasteiger partial charge in [-0.2, -0.15) is 0 Å². The molecule has 0 aliphatic rings. The second kappa shape index (κ2) is 5.99. The van der Waals surface area contributed by atoms with E-state index in [-0.39, 0.29) is 0 Å². The van der Waals surface area contributed by atoms with Gasteiger partial charge >= 0.3 is 0 Å². The molecule has 0 aliphatic heterocycles. The lowest BCUT2D eigenvalue weighted by Crippen LogP contribution is -1.81. The van der Waals surface area contributed by atoms with Crippen LogP contribution in [0.25, 0.3) is 0 Å². The molecule has 58 valence electrons. The fourth-order valence-electron chi connectivity index (χ4n) is 0.724. The lowest BCUT2D eigenvalue weighted by atomic mass is 9.96. The predicted octanol–water partition coefficient (Wildman–Crippen LogP) is 1.27. The largest absolute Gasteiger partial charge is 0.400 e. The summed E-state index contributed by atoms with van der Waals surface area (Å²) < 4.78 is 0. The highest BCUT2D eigenvalue weighted by Crippen LogP contribution is 2.01. The molecule has 0 bridgehead atoms. The van der Waals surface area contributed by atoms with Gasteiger partial charge in [0.05, 0.1) is 7.85 Å². The third kappa shape index (κ3) is 3.84. The average molecular weight is 148 g/mol. The van der Waals surface area contributed by atoms with E-state index in [1.54, 1.807) is 0 Å². The third-order valence-corrected chi connectivity index (χ3v) is 1.36. The molecule has 1 aromatic rings. The van der Waals surface area contributed by atoms with Crippen LogP contribution in [0.5, 0.6) is 0 Å². The van der Waals surface area contributed by atoms with Gasteiger partial charge in [0, 0.05) is 7.11 Å². The van der Waals surface area contributed by atoms with Gasteiger partial charge in [-0.1, -0.05) is 41.7 Å². The fourth-order valence-corrected chi connectivity index (χ4v) is 0.724. The number of hydrogen-bond acceptors (Lipinski definition) is 1. The van der Waals surface area contributed by atoms with Crippen LogP contribution in [0.4, 0.5) is 0 Å². The molecular weight excluding hydrogens is 135 g/mol. The van der Waals surface area contributed by atoms with Crippen molar-refractivity contribution in [3.63, 3.8) is 0 Å². The molecule has 0 aromatic heterocycles. The summed E-state index contributed by atoms with van der Waals surface area (Å²) >= 11 is 0. The Bertz CT molecular complexity index is 181. The van der Waals surface area contributed by atoms with Crippen molar-refractivity contribution in [2.45, 2.75) is 13.2 Å². The molecular formula is C9H13BO. The van der Waals surface area contributed by atoms with Crippen molar-refractivity contribution in [1.29, 1.82) is 0 Å². The molecule has 0 spiro atoms. The van der Waals surface area contributed by atoms with Crippen LogP contribution in [0.2, 0.25) is 0 Å². The smallest absolute Gasteiger partial charge is 0.0716 e. The van der Waals surface area contributed by atoms with E-state index in [4.69, 9.17) is 13.0 Å². The Kier molecular flexibility index (Phi) is 5.58. The topological polar surface area (TPSA) is 20.2 Å². The van der Waals surface area contributed by atoms with E-state index in [0.29, 0.717) is 6.32 Å². The minimum atomic E-state index is 0.639. The number of aliphatic hydroxyl groups is 1. The van der Waals surface area contributed by atoms with E-state index in [0.717, 1.165) is 7.11 Å². The molecule has 0 atom stereocenters. The summed E-state index contributed by atoms with van der Waals surface area (Å²) in [5, 5.41) is 7.00. The van der Waals surface area contributed by atoms with Gasteiger partial charge in [-0.05, 0) is 6.92 Å². The number of aliphatic hydroxyl groups excluding tert-OH is 1. The van der Waals surface area contributed by atoms with Crippen LogP contribution < -0.4 is 0 Å². The highest BCUT2D eigenvalue weighted by molar-refractivity contribution is 6.08. The molecule has 0 amide bonds. The second-order valence-corrected chi connectivity index (χ2v) is 2.19. The molecule has 1 rings (SSSR count). The zero-order chi connectivity index (χ0) is 8.69. The van der Waals surface area contributed by atoms with Crippen molar-refractivity contribution in [2.75, 3.05) is 7.11 Å². The molecule has 1 N–H and O–H groups in total. The zero-order valence-electron chi connectivity index (χ0n) is 7.04. The number of rotatable bonds is 1. The monoisotopic (exact) mass is 148 g/mol. The predicted molar refractivity (Wildman–Crippen MR) is 48.8 cm³/mol. The van der Waals surface area contributed by atoms with Crippen molar-refractivity contribution >= 4 is 7.85 Å². The third-order valence-electron chi connectivity index (χ3n) is 1.36. The summed E-state index contributed by atoms with van der Waals surface area (Å²) in [6, 6.07) is 8.25. The average Bonchev–Trinajstić information content (AvgIpc) is 2.10. The lowest BCUT2D eigenvalue weighted by molar-refractivity contribution is 0.399. The Morgan fingerprint density at radius 3 is 2.00 bits per heavy atom. The maximum Gasteiger partial charge on any atom is 0.0716 e. The molecule has 2 radical (unpaired) electrons. The Balaban J connectivity index is 0.000000461. The molecule has 0 aliphatic carbocycles. The lowest BCUT2D eigenvalue weighted by Gasteiger charge is -1.94. The summed E-state index contributed by atoms with van der Waals surface area (Å²) in [7, 11) is 6.40. The van der Waals surface area contributed by atoms with Crippen molar-refractivity contribution in [1.82, 2.24) is 0 Å². The van der Waals surface area contributed by atoms with Gasteiger partial charge < -0.3 is 5.11 Å². The first kappa shape index (κ1) is 10.2. The van der Waals surface area contributed by atoms with E-state index >= 15 is 0 Å². The van der Waals surface area contributed by atoms with Crippen molar-refractivity contribution in [2.24, 2.45) is 0 Å². The van der Waals surface area contributed by atoms with Gasteiger partial charge in [0.2, 0.25) is 0 Å². The molecule has 1 aromatic carbocycles. The number of hydrogen-bond donors (Lipinski definition) is 1.